The molecule has 4 unspecified atom stereocenters. The van der Waals surface area contributed by atoms with Gasteiger partial charge in [-0.05, 0) is 12.2 Å². The molecule has 1 aliphatic heterocycles. The molecule has 11 nitrogen and oxygen atoms in total. The highest BCUT2D eigenvalue weighted by atomic mass is 32.1. The van der Waals surface area contributed by atoms with Crippen LogP contribution in [0.1, 0.15) is 6.23 Å². The van der Waals surface area contributed by atoms with Crippen LogP contribution in [0.4, 0.5) is 5.82 Å². The van der Waals surface area contributed by atoms with Crippen LogP contribution in [0, 0.1) is 4.77 Å². The summed E-state index contributed by atoms with van der Waals surface area (Å²) in [4.78, 5) is 25.7. The van der Waals surface area contributed by atoms with Crippen molar-refractivity contribution in [2.24, 2.45) is 0 Å². The van der Waals surface area contributed by atoms with Gasteiger partial charge in [-0.1, -0.05) is 0 Å². The molecule has 1 saturated heterocycles. The Morgan fingerprint density at radius 1 is 1.28 bits per heavy atom. The number of nitrogens with two attached hydrogens (primary N) is 1. The normalized spacial score (nSPS) is 26.7. The highest BCUT2D eigenvalue weighted by molar-refractivity contribution is 7.71. The number of aromatic nitrogens is 5. The van der Waals surface area contributed by atoms with Gasteiger partial charge in [0, 0.05) is 0 Å². The molecule has 1 aliphatic rings. The zero-order valence-electron chi connectivity index (χ0n) is 12.6. The van der Waals surface area contributed by atoms with Crippen LogP contribution in [-0.4, -0.2) is 64.7 Å². The molecule has 0 spiro atoms. The number of hydrogen-bond donors (Lipinski definition) is 6. The summed E-state index contributed by atoms with van der Waals surface area (Å²) in [6, 6.07) is 0. The minimum atomic E-state index is -1.37. The SMILES string of the molecule is Nc1ncnc2c1c1c(=O)[nH]c(=S)[nH]c1n2C1OC(CO)C(O)C1O. The fourth-order valence-corrected chi connectivity index (χ4v) is 3.34. The van der Waals surface area contributed by atoms with Gasteiger partial charge in [-0.25, -0.2) is 9.97 Å². The number of aliphatic hydroxyl groups is 3. The molecule has 0 aromatic carbocycles. The van der Waals surface area contributed by atoms with Crippen molar-refractivity contribution in [2.45, 2.75) is 24.5 Å². The lowest BCUT2D eigenvalue weighted by Gasteiger charge is -2.18. The lowest BCUT2D eigenvalue weighted by atomic mass is 10.1. The van der Waals surface area contributed by atoms with E-state index in [4.69, 9.17) is 22.7 Å². The molecule has 4 heterocycles. The summed E-state index contributed by atoms with van der Waals surface area (Å²) in [5.74, 6) is 0.0662. The molecule has 7 N–H and O–H groups in total. The van der Waals surface area contributed by atoms with Gasteiger partial charge in [-0.3, -0.25) is 14.3 Å². The topological polar surface area (TPSA) is 175 Å². The molecular formula is C13H14N6O5S. The van der Waals surface area contributed by atoms with Crippen LogP contribution >= 0.6 is 12.2 Å². The standard InChI is InChI=1S/C13H14N6O5S/c14-8-4-5-10(17-13(25)18-11(5)23)19(9(4)16-2-15-8)12-7(22)6(21)3(1-20)24-12/h2-3,6-7,12,20-22H,1H2,(H2,14,15,16)(H2,17,18,23,25). The summed E-state index contributed by atoms with van der Waals surface area (Å²) >= 11 is 5.01. The first-order valence-electron chi connectivity index (χ1n) is 7.33. The first kappa shape index (κ1) is 16.1. The molecule has 0 amide bonds. The summed E-state index contributed by atoms with van der Waals surface area (Å²) in [5, 5.41) is 30.1. The highest BCUT2D eigenvalue weighted by Crippen LogP contribution is 2.36. The molecule has 132 valence electrons. The average molecular weight is 366 g/mol. The molecule has 0 radical (unpaired) electrons. The quantitative estimate of drug-likeness (QED) is 0.295. The van der Waals surface area contributed by atoms with E-state index in [1.165, 1.54) is 10.9 Å². The molecule has 3 aromatic heterocycles. The van der Waals surface area contributed by atoms with Crippen LogP contribution in [0.25, 0.3) is 22.1 Å². The molecule has 1 fully saturated rings. The number of anilines is 1. The van der Waals surface area contributed by atoms with Crippen LogP contribution < -0.4 is 11.3 Å². The number of nitrogen functional groups attached to an aromatic ring is 1. The zero-order chi connectivity index (χ0) is 17.9. The number of rotatable bonds is 2. The summed E-state index contributed by atoms with van der Waals surface area (Å²) in [7, 11) is 0. The molecule has 0 bridgehead atoms. The number of ether oxygens (including phenoxy) is 1. The molecule has 25 heavy (non-hydrogen) atoms. The van der Waals surface area contributed by atoms with E-state index in [1.807, 2.05) is 0 Å². The van der Waals surface area contributed by atoms with Gasteiger partial charge >= 0.3 is 0 Å². The first-order chi connectivity index (χ1) is 11.9. The fraction of sp³-hybridized carbons (Fsp3) is 0.385. The summed E-state index contributed by atoms with van der Waals surface area (Å²) in [5.41, 5.74) is 5.84. The van der Waals surface area contributed by atoms with Crippen molar-refractivity contribution in [3.8, 4) is 0 Å². The Morgan fingerprint density at radius 2 is 2.04 bits per heavy atom. The van der Waals surface area contributed by atoms with E-state index >= 15 is 0 Å². The van der Waals surface area contributed by atoms with E-state index in [1.54, 1.807) is 0 Å². The number of nitrogens with zero attached hydrogens (tertiary/aromatic N) is 3. The van der Waals surface area contributed by atoms with Crippen molar-refractivity contribution >= 4 is 40.1 Å². The summed E-state index contributed by atoms with van der Waals surface area (Å²) < 4.78 is 7.00. The van der Waals surface area contributed by atoms with Gasteiger partial charge in [0.05, 0.1) is 17.4 Å². The summed E-state index contributed by atoms with van der Waals surface area (Å²) in [6.07, 6.45) is -3.58. The molecule has 3 aromatic rings. The monoisotopic (exact) mass is 366 g/mol. The van der Waals surface area contributed by atoms with Crippen LogP contribution in [0.3, 0.4) is 0 Å². The van der Waals surface area contributed by atoms with Gasteiger partial charge in [0.2, 0.25) is 0 Å². The Labute approximate surface area is 143 Å². The van der Waals surface area contributed by atoms with Gasteiger partial charge in [0.15, 0.2) is 11.0 Å². The molecule has 0 saturated carbocycles. The Bertz CT molecular complexity index is 1090. The largest absolute Gasteiger partial charge is 0.394 e. The lowest BCUT2D eigenvalue weighted by molar-refractivity contribution is -0.0492. The van der Waals surface area contributed by atoms with Crippen molar-refractivity contribution in [1.82, 2.24) is 24.5 Å². The molecule has 12 heteroatoms. The number of fused-ring (bicyclic) bond motifs is 3. The molecule has 4 rings (SSSR count). The lowest BCUT2D eigenvalue weighted by Crippen LogP contribution is -2.33. The van der Waals surface area contributed by atoms with Crippen molar-refractivity contribution in [1.29, 1.82) is 0 Å². The first-order valence-corrected chi connectivity index (χ1v) is 7.74. The van der Waals surface area contributed by atoms with Gasteiger partial charge < -0.3 is 30.8 Å². The minimum Gasteiger partial charge on any atom is -0.394 e. The van der Waals surface area contributed by atoms with Gasteiger partial charge in [-0.2, -0.15) is 0 Å². The zero-order valence-corrected chi connectivity index (χ0v) is 13.4. The predicted molar refractivity (Wildman–Crippen MR) is 88.3 cm³/mol. The number of aromatic amines is 2. The van der Waals surface area contributed by atoms with Crippen molar-refractivity contribution < 1.29 is 20.1 Å². The smallest absolute Gasteiger partial charge is 0.262 e. The Morgan fingerprint density at radius 3 is 2.72 bits per heavy atom. The Balaban J connectivity index is 2.11. The second-order valence-corrected chi connectivity index (χ2v) is 6.10. The third-order valence-electron chi connectivity index (χ3n) is 4.27. The molecular weight excluding hydrogens is 352 g/mol. The second-order valence-electron chi connectivity index (χ2n) is 5.69. The third-order valence-corrected chi connectivity index (χ3v) is 4.47. The van der Waals surface area contributed by atoms with Crippen molar-refractivity contribution in [2.75, 3.05) is 12.3 Å². The van der Waals surface area contributed by atoms with Gasteiger partial charge in [0.25, 0.3) is 5.56 Å². The van der Waals surface area contributed by atoms with E-state index in [2.05, 4.69) is 19.9 Å². The van der Waals surface area contributed by atoms with Crippen molar-refractivity contribution in [3.63, 3.8) is 0 Å². The Kier molecular flexibility index (Phi) is 3.59. The van der Waals surface area contributed by atoms with Crippen LogP contribution in [-0.2, 0) is 4.74 Å². The van der Waals surface area contributed by atoms with Crippen molar-refractivity contribution in [3.05, 3.63) is 21.5 Å². The van der Waals surface area contributed by atoms with E-state index < -0.39 is 36.7 Å². The van der Waals surface area contributed by atoms with Crippen LogP contribution in [0.15, 0.2) is 11.1 Å². The maximum atomic E-state index is 12.4. The fourth-order valence-electron chi connectivity index (χ4n) is 3.15. The van der Waals surface area contributed by atoms with E-state index in [0.717, 1.165) is 0 Å². The second kappa shape index (κ2) is 5.57. The highest BCUT2D eigenvalue weighted by Gasteiger charge is 2.44. The number of aliphatic hydroxyl groups excluding tert-OH is 3. The maximum absolute atomic E-state index is 12.4. The predicted octanol–water partition coefficient (Wildman–Crippen LogP) is -1.48. The average Bonchev–Trinajstić information content (AvgIpc) is 3.04. The van der Waals surface area contributed by atoms with Crippen LogP contribution in [0.5, 0.6) is 0 Å². The van der Waals surface area contributed by atoms with E-state index in [0.29, 0.717) is 0 Å². The van der Waals surface area contributed by atoms with E-state index in [9.17, 15) is 20.1 Å². The molecule has 0 aliphatic carbocycles. The number of hydrogen-bond acceptors (Lipinski definition) is 9. The Hall–Kier alpha value is -2.38. The maximum Gasteiger partial charge on any atom is 0.262 e. The van der Waals surface area contributed by atoms with E-state index in [-0.39, 0.29) is 32.7 Å². The molecule has 4 atom stereocenters. The summed E-state index contributed by atoms with van der Waals surface area (Å²) in [6.45, 7) is -0.487. The van der Waals surface area contributed by atoms with Gasteiger partial charge in [-0.15, -0.1) is 0 Å². The van der Waals surface area contributed by atoms with Gasteiger partial charge in [0.1, 0.15) is 41.8 Å². The minimum absolute atomic E-state index is 0.0554. The third kappa shape index (κ3) is 2.19. The number of H-pyrrole nitrogens is 2. The van der Waals surface area contributed by atoms with Crippen LogP contribution in [0.2, 0.25) is 0 Å². The number of nitrogens with one attached hydrogen (secondary N) is 2.